The van der Waals surface area contributed by atoms with Gasteiger partial charge in [0.25, 0.3) is 0 Å². The quantitative estimate of drug-likeness (QED) is 0.699. The van der Waals surface area contributed by atoms with E-state index in [-0.39, 0.29) is 0 Å². The van der Waals surface area contributed by atoms with Crippen LogP contribution in [0.1, 0.15) is 25.1 Å². The van der Waals surface area contributed by atoms with Gasteiger partial charge in [0.15, 0.2) is 0 Å². The fraction of sp³-hybridized carbons (Fsp3) is 0.500. The zero-order valence-electron chi connectivity index (χ0n) is 6.70. The van der Waals surface area contributed by atoms with Crippen LogP contribution in [0.2, 0.25) is 0 Å². The summed E-state index contributed by atoms with van der Waals surface area (Å²) in [5.41, 5.74) is 5.54. The van der Waals surface area contributed by atoms with E-state index in [0.717, 1.165) is 12.2 Å². The van der Waals surface area contributed by atoms with Gasteiger partial charge in [0.05, 0.1) is 0 Å². The maximum absolute atomic E-state index is 5.54. The Labute approximate surface area is 66.7 Å². The van der Waals surface area contributed by atoms with Gasteiger partial charge in [-0.3, -0.25) is 0 Å². The molecule has 3 nitrogen and oxygen atoms in total. The van der Waals surface area contributed by atoms with Gasteiger partial charge in [-0.1, -0.05) is 6.92 Å². The minimum atomic E-state index is 0.316. The predicted octanol–water partition coefficient (Wildman–Crippen LogP) is 0.929. The molecule has 0 bridgehead atoms. The molecule has 0 aliphatic rings. The third-order valence-corrected chi connectivity index (χ3v) is 1.73. The van der Waals surface area contributed by atoms with Crippen molar-refractivity contribution in [2.75, 3.05) is 6.54 Å². The first kappa shape index (κ1) is 8.14. The molecule has 1 aromatic heterocycles. The summed E-state index contributed by atoms with van der Waals surface area (Å²) in [5, 5.41) is 0. The maximum Gasteiger partial charge on any atom is 0.132 e. The summed E-state index contributed by atoms with van der Waals surface area (Å²) in [6.45, 7) is 2.72. The van der Waals surface area contributed by atoms with Gasteiger partial charge in [-0.2, -0.15) is 0 Å². The summed E-state index contributed by atoms with van der Waals surface area (Å²) in [7, 11) is 0. The Hall–Kier alpha value is -0.960. The molecule has 0 amide bonds. The van der Waals surface area contributed by atoms with Crippen molar-refractivity contribution >= 4 is 0 Å². The fourth-order valence-corrected chi connectivity index (χ4v) is 0.976. The van der Waals surface area contributed by atoms with E-state index in [1.165, 1.54) is 0 Å². The molecule has 2 N–H and O–H groups in total. The van der Waals surface area contributed by atoms with Crippen molar-refractivity contribution in [3.63, 3.8) is 0 Å². The topological polar surface area (TPSA) is 51.8 Å². The lowest BCUT2D eigenvalue weighted by Gasteiger charge is -2.08. The second kappa shape index (κ2) is 4.03. The molecule has 60 valence electrons. The van der Waals surface area contributed by atoms with Crippen molar-refractivity contribution < 1.29 is 0 Å². The highest BCUT2D eigenvalue weighted by Gasteiger charge is 2.07. The first-order valence-corrected chi connectivity index (χ1v) is 3.85. The summed E-state index contributed by atoms with van der Waals surface area (Å²) in [6, 6.07) is 1.81. The Morgan fingerprint density at radius 1 is 1.45 bits per heavy atom. The van der Waals surface area contributed by atoms with Crippen molar-refractivity contribution in [1.29, 1.82) is 0 Å². The number of aromatic nitrogens is 2. The molecule has 0 radical (unpaired) electrons. The van der Waals surface area contributed by atoms with Crippen LogP contribution >= 0.6 is 0 Å². The summed E-state index contributed by atoms with van der Waals surface area (Å²) in [5.74, 6) is 1.17. The number of rotatable bonds is 3. The molecule has 0 fully saturated rings. The Bertz CT molecular complexity index is 194. The molecule has 0 saturated heterocycles. The molecule has 0 saturated carbocycles. The monoisotopic (exact) mass is 151 g/mol. The zero-order valence-corrected chi connectivity index (χ0v) is 6.70. The lowest BCUT2D eigenvalue weighted by Crippen LogP contribution is -2.14. The summed E-state index contributed by atoms with van der Waals surface area (Å²) >= 11 is 0. The van der Waals surface area contributed by atoms with E-state index in [1.54, 1.807) is 12.4 Å². The van der Waals surface area contributed by atoms with Crippen molar-refractivity contribution in [2.45, 2.75) is 19.3 Å². The summed E-state index contributed by atoms with van der Waals surface area (Å²) in [4.78, 5) is 8.26. The molecule has 11 heavy (non-hydrogen) atoms. The number of hydrogen-bond acceptors (Lipinski definition) is 3. The SMILES string of the molecule is CCC(CN)c1ncccn1. The molecular weight excluding hydrogens is 138 g/mol. The first-order chi connectivity index (χ1) is 5.38. The van der Waals surface area contributed by atoms with Crippen molar-refractivity contribution in [3.05, 3.63) is 24.3 Å². The Kier molecular flexibility index (Phi) is 2.98. The number of nitrogens with zero attached hydrogens (tertiary/aromatic N) is 2. The molecule has 1 rings (SSSR count). The smallest absolute Gasteiger partial charge is 0.132 e. The molecule has 0 spiro atoms. The average Bonchev–Trinajstić information content (AvgIpc) is 2.09. The third-order valence-electron chi connectivity index (χ3n) is 1.73. The predicted molar refractivity (Wildman–Crippen MR) is 44.1 cm³/mol. The van der Waals surface area contributed by atoms with E-state index < -0.39 is 0 Å². The molecule has 0 aliphatic heterocycles. The molecular formula is C8H13N3. The van der Waals surface area contributed by atoms with Gasteiger partial charge in [0.1, 0.15) is 5.82 Å². The standard InChI is InChI=1S/C8H13N3/c1-2-7(6-9)8-10-4-3-5-11-8/h3-5,7H,2,6,9H2,1H3. The van der Waals surface area contributed by atoms with Crippen LogP contribution in [0.25, 0.3) is 0 Å². The van der Waals surface area contributed by atoms with Crippen LogP contribution in [0.5, 0.6) is 0 Å². The van der Waals surface area contributed by atoms with E-state index in [9.17, 15) is 0 Å². The van der Waals surface area contributed by atoms with E-state index in [4.69, 9.17) is 5.73 Å². The molecule has 0 aliphatic carbocycles. The van der Waals surface area contributed by atoms with Crippen LogP contribution in [0.15, 0.2) is 18.5 Å². The van der Waals surface area contributed by atoms with Crippen LogP contribution in [0.3, 0.4) is 0 Å². The lowest BCUT2D eigenvalue weighted by atomic mass is 10.1. The number of nitrogens with two attached hydrogens (primary N) is 1. The molecule has 3 heteroatoms. The van der Waals surface area contributed by atoms with Crippen molar-refractivity contribution in [1.82, 2.24) is 9.97 Å². The largest absolute Gasteiger partial charge is 0.330 e. The van der Waals surface area contributed by atoms with Gasteiger partial charge in [-0.05, 0) is 12.5 Å². The average molecular weight is 151 g/mol. The van der Waals surface area contributed by atoms with Gasteiger partial charge in [-0.15, -0.1) is 0 Å². The lowest BCUT2D eigenvalue weighted by molar-refractivity contribution is 0.630. The van der Waals surface area contributed by atoms with E-state index in [2.05, 4.69) is 16.9 Å². The zero-order chi connectivity index (χ0) is 8.10. The normalized spacial score (nSPS) is 12.9. The molecule has 0 aromatic carbocycles. The van der Waals surface area contributed by atoms with Crippen molar-refractivity contribution in [2.24, 2.45) is 5.73 Å². The molecule has 1 atom stereocenters. The Morgan fingerprint density at radius 2 is 2.09 bits per heavy atom. The molecule has 1 heterocycles. The van der Waals surface area contributed by atoms with Gasteiger partial charge < -0.3 is 5.73 Å². The van der Waals surface area contributed by atoms with Crippen LogP contribution in [0, 0.1) is 0 Å². The van der Waals surface area contributed by atoms with Gasteiger partial charge in [-0.25, -0.2) is 9.97 Å². The van der Waals surface area contributed by atoms with Crippen molar-refractivity contribution in [3.8, 4) is 0 Å². The fourth-order valence-electron chi connectivity index (χ4n) is 0.976. The Balaban J connectivity index is 2.74. The Morgan fingerprint density at radius 3 is 2.55 bits per heavy atom. The molecule has 1 aromatic rings. The highest BCUT2D eigenvalue weighted by Crippen LogP contribution is 2.11. The minimum Gasteiger partial charge on any atom is -0.330 e. The molecule has 1 unspecified atom stereocenters. The van der Waals surface area contributed by atoms with E-state index in [0.29, 0.717) is 12.5 Å². The van der Waals surface area contributed by atoms with E-state index >= 15 is 0 Å². The second-order valence-electron chi connectivity index (χ2n) is 2.45. The second-order valence-corrected chi connectivity index (χ2v) is 2.45. The first-order valence-electron chi connectivity index (χ1n) is 3.85. The van der Waals surface area contributed by atoms with Gasteiger partial charge in [0, 0.05) is 24.9 Å². The third kappa shape index (κ3) is 1.98. The van der Waals surface area contributed by atoms with Gasteiger partial charge in [0.2, 0.25) is 0 Å². The highest BCUT2D eigenvalue weighted by molar-refractivity contribution is 4.96. The maximum atomic E-state index is 5.54. The van der Waals surface area contributed by atoms with Crippen LogP contribution in [-0.2, 0) is 0 Å². The minimum absolute atomic E-state index is 0.316. The summed E-state index contributed by atoms with van der Waals surface area (Å²) < 4.78 is 0. The number of hydrogen-bond donors (Lipinski definition) is 1. The summed E-state index contributed by atoms with van der Waals surface area (Å²) in [6.07, 6.45) is 4.50. The van der Waals surface area contributed by atoms with Gasteiger partial charge >= 0.3 is 0 Å². The highest BCUT2D eigenvalue weighted by atomic mass is 14.9. The van der Waals surface area contributed by atoms with Crippen LogP contribution in [-0.4, -0.2) is 16.5 Å². The van der Waals surface area contributed by atoms with E-state index in [1.807, 2.05) is 6.07 Å². The van der Waals surface area contributed by atoms with Crippen LogP contribution in [0.4, 0.5) is 0 Å². The van der Waals surface area contributed by atoms with Crippen LogP contribution < -0.4 is 5.73 Å².